The minimum Gasteiger partial charge on any atom is -0.490 e. The third-order valence-corrected chi connectivity index (χ3v) is 3.90. The Hall–Kier alpha value is -0.650. The smallest absolute Gasteiger partial charge is 0.129 e. The van der Waals surface area contributed by atoms with Crippen molar-refractivity contribution in [2.24, 2.45) is 5.73 Å². The van der Waals surface area contributed by atoms with E-state index in [0.717, 1.165) is 22.9 Å². The van der Waals surface area contributed by atoms with Crippen LogP contribution in [0.15, 0.2) is 22.7 Å². The first kappa shape index (κ1) is 14.8. The van der Waals surface area contributed by atoms with E-state index in [2.05, 4.69) is 29.8 Å². The number of nitrogens with two attached hydrogens (primary N) is 1. The fourth-order valence-corrected chi connectivity index (χ4v) is 2.72. The lowest BCUT2D eigenvalue weighted by Crippen LogP contribution is -2.24. The summed E-state index contributed by atoms with van der Waals surface area (Å²) in [5.41, 5.74) is 6.42. The van der Waals surface area contributed by atoms with E-state index < -0.39 is 0 Å². The van der Waals surface area contributed by atoms with Gasteiger partial charge in [-0.15, -0.1) is 0 Å². The van der Waals surface area contributed by atoms with Crippen molar-refractivity contribution in [2.75, 3.05) is 6.61 Å². The number of ether oxygens (including phenoxy) is 2. The van der Waals surface area contributed by atoms with Gasteiger partial charge in [-0.1, -0.05) is 28.1 Å². The van der Waals surface area contributed by atoms with E-state index in [1.54, 1.807) is 0 Å². The SMILES string of the molecule is CC1(C)CCC(COc2ccc(Br)cc2C(N)=S)O1. The summed E-state index contributed by atoms with van der Waals surface area (Å²) in [4.78, 5) is 0.337. The van der Waals surface area contributed by atoms with Crippen LogP contribution in [0.3, 0.4) is 0 Å². The van der Waals surface area contributed by atoms with Gasteiger partial charge in [-0.2, -0.15) is 0 Å². The average Bonchev–Trinajstić information content (AvgIpc) is 2.67. The van der Waals surface area contributed by atoms with E-state index in [4.69, 9.17) is 27.4 Å². The summed E-state index contributed by atoms with van der Waals surface area (Å²) in [5.74, 6) is 0.712. The van der Waals surface area contributed by atoms with Crippen LogP contribution in [0.5, 0.6) is 5.75 Å². The van der Waals surface area contributed by atoms with Crippen LogP contribution < -0.4 is 10.5 Å². The van der Waals surface area contributed by atoms with Crippen LogP contribution in [-0.4, -0.2) is 23.3 Å². The summed E-state index contributed by atoms with van der Waals surface area (Å²) in [7, 11) is 0. The lowest BCUT2D eigenvalue weighted by atomic mass is 10.1. The first-order valence-corrected chi connectivity index (χ1v) is 7.47. The second kappa shape index (κ2) is 5.77. The van der Waals surface area contributed by atoms with E-state index in [1.165, 1.54) is 0 Å². The quantitative estimate of drug-likeness (QED) is 0.850. The maximum atomic E-state index is 5.90. The zero-order chi connectivity index (χ0) is 14.0. The first-order valence-electron chi connectivity index (χ1n) is 6.27. The lowest BCUT2D eigenvalue weighted by molar-refractivity contribution is -0.0326. The molecular weight excluding hydrogens is 326 g/mol. The van der Waals surface area contributed by atoms with Crippen LogP contribution in [0.2, 0.25) is 0 Å². The molecule has 0 spiro atoms. The molecule has 0 amide bonds. The number of hydrogen-bond acceptors (Lipinski definition) is 3. The maximum absolute atomic E-state index is 5.90. The molecular formula is C14H18BrNO2S. The standard InChI is InChI=1S/C14H18BrNO2S/c1-14(2)6-5-10(18-14)8-17-12-4-3-9(15)7-11(12)13(16)19/h3-4,7,10H,5-6,8H2,1-2H3,(H2,16,19). The Morgan fingerprint density at radius 2 is 2.32 bits per heavy atom. The van der Waals surface area contributed by atoms with Crippen LogP contribution in [0.25, 0.3) is 0 Å². The molecule has 0 aromatic heterocycles. The van der Waals surface area contributed by atoms with E-state index >= 15 is 0 Å². The number of halogens is 1. The third-order valence-electron chi connectivity index (χ3n) is 3.19. The molecule has 104 valence electrons. The monoisotopic (exact) mass is 343 g/mol. The number of thiocarbonyl (C=S) groups is 1. The van der Waals surface area contributed by atoms with Gasteiger partial charge in [0.1, 0.15) is 17.3 Å². The summed E-state index contributed by atoms with van der Waals surface area (Å²) in [6.07, 6.45) is 2.22. The molecule has 0 aliphatic carbocycles. The molecule has 1 unspecified atom stereocenters. The predicted octanol–water partition coefficient (Wildman–Crippen LogP) is 3.42. The van der Waals surface area contributed by atoms with Gasteiger partial charge < -0.3 is 15.2 Å². The maximum Gasteiger partial charge on any atom is 0.129 e. The molecule has 1 atom stereocenters. The zero-order valence-electron chi connectivity index (χ0n) is 11.1. The molecule has 0 radical (unpaired) electrons. The van der Waals surface area contributed by atoms with Gasteiger partial charge in [-0.05, 0) is 44.9 Å². The largest absolute Gasteiger partial charge is 0.490 e. The molecule has 0 bridgehead atoms. The molecule has 1 saturated heterocycles. The highest BCUT2D eigenvalue weighted by atomic mass is 79.9. The van der Waals surface area contributed by atoms with Crippen molar-refractivity contribution in [1.82, 2.24) is 0 Å². The molecule has 5 heteroatoms. The highest BCUT2D eigenvalue weighted by Crippen LogP contribution is 2.30. The molecule has 1 heterocycles. The van der Waals surface area contributed by atoms with Crippen molar-refractivity contribution in [2.45, 2.75) is 38.4 Å². The van der Waals surface area contributed by atoms with Crippen LogP contribution in [-0.2, 0) is 4.74 Å². The van der Waals surface area contributed by atoms with E-state index in [-0.39, 0.29) is 11.7 Å². The Morgan fingerprint density at radius 3 is 2.89 bits per heavy atom. The summed E-state index contributed by atoms with van der Waals surface area (Å²) in [6, 6.07) is 5.66. The molecule has 2 rings (SSSR count). The first-order chi connectivity index (χ1) is 8.87. The Bertz CT molecular complexity index is 490. The minimum absolute atomic E-state index is 0.0419. The molecule has 1 aromatic rings. The Morgan fingerprint density at radius 1 is 1.58 bits per heavy atom. The van der Waals surface area contributed by atoms with Crippen molar-refractivity contribution in [1.29, 1.82) is 0 Å². The molecule has 2 N–H and O–H groups in total. The summed E-state index contributed by atoms with van der Waals surface area (Å²) in [5, 5.41) is 0. The summed E-state index contributed by atoms with van der Waals surface area (Å²) in [6.45, 7) is 4.74. The third kappa shape index (κ3) is 3.91. The van der Waals surface area contributed by atoms with Gasteiger partial charge in [-0.3, -0.25) is 0 Å². The molecule has 1 aromatic carbocycles. The van der Waals surface area contributed by atoms with Crippen LogP contribution in [0.4, 0.5) is 0 Å². The Balaban J connectivity index is 2.02. The van der Waals surface area contributed by atoms with Gasteiger partial charge in [0.2, 0.25) is 0 Å². The lowest BCUT2D eigenvalue weighted by Gasteiger charge is -2.20. The molecule has 1 aliphatic heterocycles. The van der Waals surface area contributed by atoms with Crippen molar-refractivity contribution in [3.05, 3.63) is 28.2 Å². The normalized spacial score (nSPS) is 21.3. The van der Waals surface area contributed by atoms with Crippen LogP contribution in [0, 0.1) is 0 Å². The average molecular weight is 344 g/mol. The molecule has 1 aliphatic rings. The highest BCUT2D eigenvalue weighted by Gasteiger charge is 2.32. The van der Waals surface area contributed by atoms with Crippen molar-refractivity contribution < 1.29 is 9.47 Å². The van der Waals surface area contributed by atoms with Crippen LogP contribution >= 0.6 is 28.1 Å². The van der Waals surface area contributed by atoms with Gasteiger partial charge >= 0.3 is 0 Å². The number of hydrogen-bond donors (Lipinski definition) is 1. The van der Waals surface area contributed by atoms with E-state index in [9.17, 15) is 0 Å². The minimum atomic E-state index is -0.0419. The number of rotatable bonds is 4. The van der Waals surface area contributed by atoms with Gasteiger partial charge in [0, 0.05) is 4.47 Å². The molecule has 19 heavy (non-hydrogen) atoms. The second-order valence-electron chi connectivity index (χ2n) is 5.35. The van der Waals surface area contributed by atoms with Crippen molar-refractivity contribution in [3.8, 4) is 5.75 Å². The molecule has 3 nitrogen and oxygen atoms in total. The summed E-state index contributed by atoms with van der Waals surface area (Å²) >= 11 is 8.44. The van der Waals surface area contributed by atoms with Crippen molar-refractivity contribution in [3.63, 3.8) is 0 Å². The van der Waals surface area contributed by atoms with Crippen LogP contribution in [0.1, 0.15) is 32.3 Å². The predicted molar refractivity (Wildman–Crippen MR) is 83.7 cm³/mol. The van der Waals surface area contributed by atoms with Gasteiger partial charge in [0.25, 0.3) is 0 Å². The highest BCUT2D eigenvalue weighted by molar-refractivity contribution is 9.10. The fraction of sp³-hybridized carbons (Fsp3) is 0.500. The van der Waals surface area contributed by atoms with E-state index in [0.29, 0.717) is 17.3 Å². The second-order valence-corrected chi connectivity index (χ2v) is 6.71. The topological polar surface area (TPSA) is 44.5 Å². The fourth-order valence-electron chi connectivity index (χ4n) is 2.20. The van der Waals surface area contributed by atoms with Gasteiger partial charge in [0.15, 0.2) is 0 Å². The van der Waals surface area contributed by atoms with Crippen molar-refractivity contribution >= 4 is 33.1 Å². The number of benzene rings is 1. The molecule has 0 saturated carbocycles. The summed E-state index contributed by atoms with van der Waals surface area (Å²) < 4.78 is 12.6. The van der Waals surface area contributed by atoms with E-state index in [1.807, 2.05) is 18.2 Å². The Labute approximate surface area is 127 Å². The zero-order valence-corrected chi connectivity index (χ0v) is 13.5. The van der Waals surface area contributed by atoms with Gasteiger partial charge in [-0.25, -0.2) is 0 Å². The molecule has 1 fully saturated rings. The Kier molecular flexibility index (Phi) is 4.48. The van der Waals surface area contributed by atoms with Gasteiger partial charge in [0.05, 0.1) is 17.3 Å².